The molecule has 31 heavy (non-hydrogen) atoms. The van der Waals surface area contributed by atoms with E-state index in [4.69, 9.17) is 9.57 Å². The van der Waals surface area contributed by atoms with Crippen LogP contribution in [0.5, 0.6) is 5.75 Å². The van der Waals surface area contributed by atoms with Crippen molar-refractivity contribution in [2.24, 2.45) is 0 Å². The Morgan fingerprint density at radius 2 is 1.71 bits per heavy atom. The van der Waals surface area contributed by atoms with Crippen molar-refractivity contribution in [3.05, 3.63) is 59.1 Å². The van der Waals surface area contributed by atoms with Crippen molar-refractivity contribution in [2.75, 3.05) is 0 Å². The number of thiazole rings is 1. The molecule has 0 radical (unpaired) electrons. The molecule has 0 atom stereocenters. The number of aryl methyl sites for hydroxylation is 1. The second-order valence-corrected chi connectivity index (χ2v) is 8.11. The molecule has 1 amide bonds. The Morgan fingerprint density at radius 3 is 2.52 bits per heavy atom. The van der Waals surface area contributed by atoms with Crippen LogP contribution in [0.15, 0.2) is 48.5 Å². The number of nitrogens with zero attached hydrogens (tertiary/aromatic N) is 1. The largest absolute Gasteiger partial charge is 0.426 e. The van der Waals surface area contributed by atoms with Gasteiger partial charge in [-0.15, -0.1) is 11.3 Å². The number of para-hydroxylation sites is 2. The van der Waals surface area contributed by atoms with Crippen molar-refractivity contribution >= 4 is 39.4 Å². The lowest BCUT2D eigenvalue weighted by Crippen LogP contribution is -2.27. The Hall–Kier alpha value is -3.26. The first-order valence-corrected chi connectivity index (χ1v) is 11.0. The molecule has 1 N–H and O–H groups in total. The Labute approximate surface area is 184 Å². The summed E-state index contributed by atoms with van der Waals surface area (Å²) < 4.78 is 6.18. The molecule has 3 rings (SSSR count). The van der Waals surface area contributed by atoms with Crippen molar-refractivity contribution in [3.63, 3.8) is 0 Å². The van der Waals surface area contributed by atoms with Gasteiger partial charge in [0.15, 0.2) is 0 Å². The van der Waals surface area contributed by atoms with Crippen molar-refractivity contribution in [2.45, 2.75) is 45.4 Å². The minimum absolute atomic E-state index is 0.0628. The summed E-state index contributed by atoms with van der Waals surface area (Å²) in [6, 6.07) is 14.3. The van der Waals surface area contributed by atoms with Crippen LogP contribution in [0.1, 0.15) is 54.4 Å². The first-order chi connectivity index (χ1) is 15.0. The topological polar surface area (TPSA) is 94.6 Å². The molecule has 7 nitrogen and oxygen atoms in total. The quantitative estimate of drug-likeness (QED) is 0.226. The summed E-state index contributed by atoms with van der Waals surface area (Å²) >= 11 is 1.73. The number of carbonyl (C=O) groups excluding carboxylic acids is 3. The Bertz CT molecular complexity index is 1030. The third-order valence-electron chi connectivity index (χ3n) is 4.50. The first kappa shape index (κ1) is 22.4. The molecule has 1 aromatic heterocycles. The summed E-state index contributed by atoms with van der Waals surface area (Å²) in [5, 5.41) is 1.14. The number of nitrogens with one attached hydrogen (secondary N) is 1. The second-order valence-electron chi connectivity index (χ2n) is 6.99. The summed E-state index contributed by atoms with van der Waals surface area (Å²) in [6.45, 7) is 1.24. The number of esters is 1. The number of carbonyl (C=O) groups is 3. The minimum atomic E-state index is -0.791. The average Bonchev–Trinajstić information content (AvgIpc) is 3.17. The van der Waals surface area contributed by atoms with E-state index in [0.29, 0.717) is 6.42 Å². The molecule has 8 heteroatoms. The number of fused-ring (bicyclic) bond motifs is 1. The molecule has 2 aromatic carbocycles. The van der Waals surface area contributed by atoms with Gasteiger partial charge in [0.1, 0.15) is 11.3 Å². The third-order valence-corrected chi connectivity index (χ3v) is 5.60. The predicted molar refractivity (Wildman–Crippen MR) is 118 cm³/mol. The van der Waals surface area contributed by atoms with E-state index in [0.717, 1.165) is 36.2 Å². The fourth-order valence-corrected chi connectivity index (χ4v) is 4.04. The van der Waals surface area contributed by atoms with E-state index >= 15 is 0 Å². The number of hydroxylamine groups is 1. The highest BCUT2D eigenvalue weighted by Gasteiger charge is 2.16. The highest BCUT2D eigenvalue weighted by atomic mass is 32.1. The van der Waals surface area contributed by atoms with Crippen molar-refractivity contribution in [1.29, 1.82) is 0 Å². The monoisotopic (exact) mass is 440 g/mol. The van der Waals surface area contributed by atoms with E-state index in [9.17, 15) is 14.4 Å². The SMILES string of the molecule is CC(=O)Oc1ccccc1C(=O)ONC(=O)CCCCCCc1nc2ccccc2s1. The van der Waals surface area contributed by atoms with Crippen LogP contribution in [0, 0.1) is 0 Å². The minimum Gasteiger partial charge on any atom is -0.426 e. The molecule has 0 unspecified atom stereocenters. The molecule has 0 aliphatic rings. The van der Waals surface area contributed by atoms with Gasteiger partial charge < -0.3 is 9.57 Å². The zero-order chi connectivity index (χ0) is 22.1. The van der Waals surface area contributed by atoms with Crippen LogP contribution in [0.4, 0.5) is 0 Å². The van der Waals surface area contributed by atoms with E-state index < -0.39 is 11.9 Å². The Balaban J connectivity index is 1.31. The van der Waals surface area contributed by atoms with Gasteiger partial charge in [0.05, 0.1) is 15.2 Å². The Kier molecular flexibility index (Phi) is 8.12. The van der Waals surface area contributed by atoms with Crippen LogP contribution in [0.2, 0.25) is 0 Å². The number of rotatable bonds is 9. The number of hydrogen-bond donors (Lipinski definition) is 1. The third kappa shape index (κ3) is 6.89. The van der Waals surface area contributed by atoms with Gasteiger partial charge in [0.25, 0.3) is 5.91 Å². The zero-order valence-corrected chi connectivity index (χ0v) is 18.1. The van der Waals surface area contributed by atoms with Gasteiger partial charge >= 0.3 is 11.9 Å². The number of unbranched alkanes of at least 4 members (excludes halogenated alkanes) is 3. The van der Waals surface area contributed by atoms with Crippen LogP contribution >= 0.6 is 11.3 Å². The number of benzene rings is 2. The number of hydrogen-bond acceptors (Lipinski definition) is 7. The molecule has 1 heterocycles. The van der Waals surface area contributed by atoms with Gasteiger partial charge in [0.2, 0.25) is 0 Å². The van der Waals surface area contributed by atoms with Gasteiger partial charge in [0, 0.05) is 13.3 Å². The highest BCUT2D eigenvalue weighted by molar-refractivity contribution is 7.18. The van der Waals surface area contributed by atoms with Crippen molar-refractivity contribution < 1.29 is 24.0 Å². The molecule has 0 aliphatic carbocycles. The first-order valence-electron chi connectivity index (χ1n) is 10.1. The maximum atomic E-state index is 12.1. The number of amides is 1. The highest BCUT2D eigenvalue weighted by Crippen LogP contribution is 2.23. The van der Waals surface area contributed by atoms with Crippen molar-refractivity contribution in [3.8, 4) is 5.75 Å². The molecule has 0 saturated carbocycles. The molecule has 3 aromatic rings. The standard InChI is InChI=1S/C23H24N2O5S/c1-16(26)29-19-12-8-6-10-17(19)23(28)30-25-21(27)14-4-2-3-5-15-22-24-18-11-7-9-13-20(18)31-22/h6-13H,2-5,14-15H2,1H3,(H,25,27). The number of aromatic nitrogens is 1. The van der Waals surface area contributed by atoms with Crippen LogP contribution < -0.4 is 10.2 Å². The van der Waals surface area contributed by atoms with E-state index in [1.54, 1.807) is 23.5 Å². The number of ether oxygens (including phenoxy) is 1. The summed E-state index contributed by atoms with van der Waals surface area (Å²) in [6.07, 6.45) is 4.82. The normalized spacial score (nSPS) is 10.6. The Morgan fingerprint density at radius 1 is 0.968 bits per heavy atom. The summed E-state index contributed by atoms with van der Waals surface area (Å²) in [4.78, 5) is 44.6. The summed E-state index contributed by atoms with van der Waals surface area (Å²) in [5.74, 6) is -1.62. The molecular formula is C23H24N2O5S. The fourth-order valence-electron chi connectivity index (χ4n) is 3.03. The van der Waals surface area contributed by atoms with Crippen LogP contribution in [0.25, 0.3) is 10.2 Å². The molecule has 162 valence electrons. The molecule has 0 fully saturated rings. The molecular weight excluding hydrogens is 416 g/mol. The average molecular weight is 441 g/mol. The maximum Gasteiger partial charge on any atom is 0.366 e. The van der Waals surface area contributed by atoms with E-state index in [-0.39, 0.29) is 23.6 Å². The lowest BCUT2D eigenvalue weighted by molar-refractivity contribution is -0.132. The molecule has 0 bridgehead atoms. The zero-order valence-electron chi connectivity index (χ0n) is 17.3. The molecule has 0 aliphatic heterocycles. The van der Waals surface area contributed by atoms with Crippen molar-refractivity contribution in [1.82, 2.24) is 10.5 Å². The van der Waals surface area contributed by atoms with E-state index in [1.807, 2.05) is 18.2 Å². The van der Waals surface area contributed by atoms with Gasteiger partial charge in [-0.3, -0.25) is 9.59 Å². The smallest absolute Gasteiger partial charge is 0.366 e. The van der Waals surface area contributed by atoms with Gasteiger partial charge in [-0.25, -0.2) is 9.78 Å². The molecule has 0 saturated heterocycles. The predicted octanol–water partition coefficient (Wildman–Crippen LogP) is 4.60. The van der Waals surface area contributed by atoms with Gasteiger partial charge in [-0.05, 0) is 43.5 Å². The van der Waals surface area contributed by atoms with E-state index in [1.165, 1.54) is 23.8 Å². The molecule has 0 spiro atoms. The van der Waals surface area contributed by atoms with Gasteiger partial charge in [-0.2, -0.15) is 5.48 Å². The fraction of sp³-hybridized carbons (Fsp3) is 0.304. The van der Waals surface area contributed by atoms with E-state index in [2.05, 4.69) is 16.5 Å². The lowest BCUT2D eigenvalue weighted by atomic mass is 10.1. The maximum absolute atomic E-state index is 12.1. The van der Waals surface area contributed by atoms with Crippen LogP contribution in [-0.4, -0.2) is 22.8 Å². The van der Waals surface area contributed by atoms with Crippen LogP contribution in [-0.2, 0) is 20.8 Å². The summed E-state index contributed by atoms with van der Waals surface area (Å²) in [7, 11) is 0. The lowest BCUT2D eigenvalue weighted by Gasteiger charge is -2.09. The van der Waals surface area contributed by atoms with Gasteiger partial charge in [-0.1, -0.05) is 37.1 Å². The summed E-state index contributed by atoms with van der Waals surface area (Å²) in [5.41, 5.74) is 3.26. The second kappa shape index (κ2) is 11.2. The van der Waals surface area contributed by atoms with Crippen LogP contribution in [0.3, 0.4) is 0 Å².